The van der Waals surface area contributed by atoms with Crippen LogP contribution in [0.1, 0.15) is 37.3 Å². The number of nitrogens with zero attached hydrogens (tertiary/aromatic N) is 3. The van der Waals surface area contributed by atoms with Crippen molar-refractivity contribution in [2.24, 2.45) is 5.92 Å². The third kappa shape index (κ3) is 3.80. The molecule has 2 heterocycles. The first kappa shape index (κ1) is 17.2. The molecule has 26 heavy (non-hydrogen) atoms. The van der Waals surface area contributed by atoms with Crippen LogP contribution in [0.15, 0.2) is 30.6 Å². The number of halogens is 2. The predicted octanol–water partition coefficient (Wildman–Crippen LogP) is 4.00. The number of rotatable bonds is 4. The highest BCUT2D eigenvalue weighted by atomic mass is 35.5. The van der Waals surface area contributed by atoms with Crippen LogP contribution < -0.4 is 10.2 Å². The maximum Gasteiger partial charge on any atom is 0.229 e. The van der Waals surface area contributed by atoms with E-state index in [0.717, 1.165) is 30.9 Å². The molecule has 2 aliphatic rings. The van der Waals surface area contributed by atoms with Crippen LogP contribution in [0.3, 0.4) is 0 Å². The summed E-state index contributed by atoms with van der Waals surface area (Å²) in [5, 5.41) is 2.84. The molecule has 1 aliphatic heterocycles. The van der Waals surface area contributed by atoms with Crippen LogP contribution in [0.25, 0.3) is 0 Å². The molecule has 5 nitrogen and oxygen atoms in total. The first-order valence-corrected chi connectivity index (χ1v) is 9.31. The quantitative estimate of drug-likeness (QED) is 0.878. The van der Waals surface area contributed by atoms with Crippen LogP contribution in [-0.2, 0) is 4.79 Å². The largest absolute Gasteiger partial charge is 0.356 e. The molecule has 1 aliphatic carbocycles. The van der Waals surface area contributed by atoms with E-state index in [1.807, 2.05) is 0 Å². The lowest BCUT2D eigenvalue weighted by Crippen LogP contribution is -2.41. The van der Waals surface area contributed by atoms with E-state index in [1.165, 1.54) is 31.0 Å². The van der Waals surface area contributed by atoms with Crippen molar-refractivity contribution in [3.8, 4) is 0 Å². The predicted molar refractivity (Wildman–Crippen MR) is 99.0 cm³/mol. The van der Waals surface area contributed by atoms with Gasteiger partial charge in [0.2, 0.25) is 5.91 Å². The minimum absolute atomic E-state index is 0.00154. The van der Waals surface area contributed by atoms with Crippen LogP contribution >= 0.6 is 11.6 Å². The van der Waals surface area contributed by atoms with Crippen molar-refractivity contribution in [3.63, 3.8) is 0 Å². The number of carbonyl (C=O) groups excluding carboxylic acids is 1. The zero-order valence-corrected chi connectivity index (χ0v) is 15.0. The normalized spacial score (nSPS) is 20.1. The van der Waals surface area contributed by atoms with Crippen LogP contribution in [0.5, 0.6) is 0 Å². The number of piperidine rings is 1. The molecule has 0 radical (unpaired) electrons. The number of aromatic nitrogens is 2. The number of benzene rings is 1. The van der Waals surface area contributed by atoms with E-state index in [-0.39, 0.29) is 16.8 Å². The van der Waals surface area contributed by atoms with Gasteiger partial charge in [-0.1, -0.05) is 11.6 Å². The molecule has 2 aromatic rings. The Bertz CT molecular complexity index is 827. The van der Waals surface area contributed by atoms with Gasteiger partial charge < -0.3 is 10.2 Å². The summed E-state index contributed by atoms with van der Waals surface area (Å²) < 4.78 is 13.3. The van der Waals surface area contributed by atoms with Crippen molar-refractivity contribution in [2.75, 3.05) is 23.3 Å². The smallest absolute Gasteiger partial charge is 0.229 e. The van der Waals surface area contributed by atoms with Gasteiger partial charge >= 0.3 is 0 Å². The molecule has 1 unspecified atom stereocenters. The molecule has 1 amide bonds. The van der Waals surface area contributed by atoms with E-state index in [2.05, 4.69) is 26.3 Å². The van der Waals surface area contributed by atoms with E-state index >= 15 is 0 Å². The van der Waals surface area contributed by atoms with Crippen LogP contribution in [0.4, 0.5) is 15.9 Å². The second-order valence-electron chi connectivity index (χ2n) is 6.98. The first-order chi connectivity index (χ1) is 12.6. The Hall–Kier alpha value is -2.21. The van der Waals surface area contributed by atoms with Crippen molar-refractivity contribution >= 4 is 29.0 Å². The van der Waals surface area contributed by atoms with Crippen molar-refractivity contribution in [2.45, 2.75) is 31.6 Å². The summed E-state index contributed by atoms with van der Waals surface area (Å²) in [5.74, 6) is 0.748. The molecular weight excluding hydrogens is 355 g/mol. The fourth-order valence-corrected chi connectivity index (χ4v) is 3.53. The number of carbonyl (C=O) groups is 1. The monoisotopic (exact) mass is 374 g/mol. The number of hydrogen-bond donors (Lipinski definition) is 1. The first-order valence-electron chi connectivity index (χ1n) is 8.93. The number of nitrogens with one attached hydrogen (secondary N) is 1. The van der Waals surface area contributed by atoms with E-state index < -0.39 is 5.82 Å². The summed E-state index contributed by atoms with van der Waals surface area (Å²) in [5.41, 5.74) is 1.61. The van der Waals surface area contributed by atoms with Crippen LogP contribution in [0.2, 0.25) is 5.02 Å². The van der Waals surface area contributed by atoms with Crippen molar-refractivity contribution in [3.05, 3.63) is 47.1 Å². The molecule has 136 valence electrons. The lowest BCUT2D eigenvalue weighted by atomic mass is 9.97. The zero-order chi connectivity index (χ0) is 18.1. The standard InChI is InChI=1S/C19H20ClFN4O/c20-15-8-14(5-6-16(15)21)24-19(26)13-2-1-7-25(10-13)18-9-17(12-3-4-12)22-11-23-18/h5-6,8-9,11-13H,1-4,7,10H2,(H,24,26). The third-order valence-corrected chi connectivity index (χ3v) is 5.26. The second kappa shape index (κ2) is 7.19. The lowest BCUT2D eigenvalue weighted by Gasteiger charge is -2.33. The fourth-order valence-electron chi connectivity index (χ4n) is 3.35. The molecule has 1 atom stereocenters. The summed E-state index contributed by atoms with van der Waals surface area (Å²) >= 11 is 5.78. The van der Waals surface area contributed by atoms with Gasteiger partial charge in [-0.3, -0.25) is 4.79 Å². The summed E-state index contributed by atoms with van der Waals surface area (Å²) in [6.45, 7) is 1.50. The molecule has 1 N–H and O–H groups in total. The fraction of sp³-hybridized carbons (Fsp3) is 0.421. The highest BCUT2D eigenvalue weighted by Gasteiger charge is 2.29. The Labute approximate surface area is 156 Å². The molecule has 1 saturated carbocycles. The van der Waals surface area contributed by atoms with E-state index in [4.69, 9.17) is 11.6 Å². The average Bonchev–Trinajstić information content (AvgIpc) is 3.50. The maximum absolute atomic E-state index is 13.3. The Morgan fingerprint density at radius 3 is 2.85 bits per heavy atom. The Morgan fingerprint density at radius 1 is 1.23 bits per heavy atom. The van der Waals surface area contributed by atoms with Gasteiger partial charge in [0.1, 0.15) is 18.0 Å². The molecule has 4 rings (SSSR count). The van der Waals surface area contributed by atoms with Gasteiger partial charge in [0.25, 0.3) is 0 Å². The van der Waals surface area contributed by atoms with Gasteiger partial charge in [0, 0.05) is 36.5 Å². The number of amides is 1. The van der Waals surface area contributed by atoms with Gasteiger partial charge in [-0.05, 0) is 43.9 Å². The van der Waals surface area contributed by atoms with E-state index in [0.29, 0.717) is 18.2 Å². The lowest BCUT2D eigenvalue weighted by molar-refractivity contribution is -0.120. The Morgan fingerprint density at radius 2 is 2.08 bits per heavy atom. The minimum Gasteiger partial charge on any atom is -0.356 e. The molecule has 1 aromatic heterocycles. The molecule has 0 bridgehead atoms. The Balaban J connectivity index is 1.43. The van der Waals surface area contributed by atoms with Crippen molar-refractivity contribution < 1.29 is 9.18 Å². The zero-order valence-electron chi connectivity index (χ0n) is 14.3. The summed E-state index contributed by atoms with van der Waals surface area (Å²) in [6, 6.07) is 6.26. The van der Waals surface area contributed by atoms with E-state index in [9.17, 15) is 9.18 Å². The molecule has 2 fully saturated rings. The molecule has 7 heteroatoms. The van der Waals surface area contributed by atoms with E-state index in [1.54, 1.807) is 6.33 Å². The maximum atomic E-state index is 13.3. The topological polar surface area (TPSA) is 58.1 Å². The second-order valence-corrected chi connectivity index (χ2v) is 7.39. The Kier molecular flexibility index (Phi) is 4.76. The summed E-state index contributed by atoms with van der Waals surface area (Å²) in [4.78, 5) is 23.5. The SMILES string of the molecule is O=C(Nc1ccc(F)c(Cl)c1)C1CCCN(c2cc(C3CC3)ncn2)C1. The van der Waals surface area contributed by atoms with Crippen LogP contribution in [0, 0.1) is 11.7 Å². The van der Waals surface area contributed by atoms with Crippen LogP contribution in [-0.4, -0.2) is 29.0 Å². The minimum atomic E-state index is -0.497. The summed E-state index contributed by atoms with van der Waals surface area (Å²) in [7, 11) is 0. The van der Waals surface area contributed by atoms with Gasteiger partial charge in [0.15, 0.2) is 0 Å². The summed E-state index contributed by atoms with van der Waals surface area (Å²) in [6.07, 6.45) is 5.75. The van der Waals surface area contributed by atoms with Gasteiger partial charge in [-0.25, -0.2) is 14.4 Å². The molecule has 1 aromatic carbocycles. The van der Waals surface area contributed by atoms with Gasteiger partial charge in [0.05, 0.1) is 10.9 Å². The third-order valence-electron chi connectivity index (χ3n) is 4.97. The average molecular weight is 375 g/mol. The van der Waals surface area contributed by atoms with Crippen molar-refractivity contribution in [1.82, 2.24) is 9.97 Å². The number of anilines is 2. The molecule has 1 saturated heterocycles. The highest BCUT2D eigenvalue weighted by Crippen LogP contribution is 2.39. The van der Waals surface area contributed by atoms with Gasteiger partial charge in [-0.15, -0.1) is 0 Å². The molecular formula is C19H20ClFN4O. The van der Waals surface area contributed by atoms with Crippen molar-refractivity contribution in [1.29, 1.82) is 0 Å². The highest BCUT2D eigenvalue weighted by molar-refractivity contribution is 6.31. The van der Waals surface area contributed by atoms with Gasteiger partial charge in [-0.2, -0.15) is 0 Å². The molecule has 0 spiro atoms. The number of hydrogen-bond acceptors (Lipinski definition) is 4.